The second-order valence-corrected chi connectivity index (χ2v) is 5.40. The maximum absolute atomic E-state index is 6.23. The fourth-order valence-corrected chi connectivity index (χ4v) is 2.59. The van der Waals surface area contributed by atoms with Gasteiger partial charge < -0.3 is 10.1 Å². The van der Waals surface area contributed by atoms with Crippen LogP contribution in [0.15, 0.2) is 67.3 Å². The summed E-state index contributed by atoms with van der Waals surface area (Å²) in [4.78, 5) is 0. The first kappa shape index (κ1) is 16.9. The predicted octanol–water partition coefficient (Wildman–Crippen LogP) is 5.85. The Balaban J connectivity index is 2.28. The number of anilines is 1. The van der Waals surface area contributed by atoms with E-state index in [9.17, 15) is 0 Å². The summed E-state index contributed by atoms with van der Waals surface area (Å²) in [5.74, 6) is 0.869. The van der Waals surface area contributed by atoms with Gasteiger partial charge in [0.2, 0.25) is 0 Å². The van der Waals surface area contributed by atoms with Crippen LogP contribution >= 0.6 is 0 Å². The first-order valence-corrected chi connectivity index (χ1v) is 8.07. The molecule has 0 aliphatic rings. The second-order valence-electron chi connectivity index (χ2n) is 5.40. The summed E-state index contributed by atoms with van der Waals surface area (Å²) in [6.45, 7) is 11.2. The maximum atomic E-state index is 6.23. The van der Waals surface area contributed by atoms with Crippen LogP contribution in [0.3, 0.4) is 0 Å². The van der Waals surface area contributed by atoms with Crippen LogP contribution in [-0.4, -0.2) is 6.54 Å². The maximum Gasteiger partial charge on any atom is 0.143 e. The Labute approximate surface area is 139 Å². The van der Waals surface area contributed by atoms with Crippen LogP contribution in [0.5, 0.6) is 5.75 Å². The molecule has 0 heterocycles. The zero-order valence-electron chi connectivity index (χ0n) is 14.2. The van der Waals surface area contributed by atoms with Gasteiger partial charge >= 0.3 is 0 Å². The van der Waals surface area contributed by atoms with Crippen molar-refractivity contribution in [3.8, 4) is 5.75 Å². The van der Waals surface area contributed by atoms with Gasteiger partial charge in [0.15, 0.2) is 0 Å². The first-order chi connectivity index (χ1) is 11.2. The van der Waals surface area contributed by atoms with Crippen LogP contribution in [0.25, 0.3) is 5.57 Å². The smallest absolute Gasteiger partial charge is 0.143 e. The summed E-state index contributed by atoms with van der Waals surface area (Å²) in [5.41, 5.74) is 4.28. The molecule has 0 aliphatic heterocycles. The molecule has 2 aromatic rings. The Morgan fingerprint density at radius 3 is 2.61 bits per heavy atom. The number of rotatable bonds is 7. The Morgan fingerprint density at radius 1 is 1.17 bits per heavy atom. The summed E-state index contributed by atoms with van der Waals surface area (Å²) in [7, 11) is 0. The van der Waals surface area contributed by atoms with Gasteiger partial charge in [0.05, 0.1) is 5.69 Å². The monoisotopic (exact) mass is 307 g/mol. The molecule has 0 fully saturated rings. The first-order valence-electron chi connectivity index (χ1n) is 8.07. The molecule has 0 spiro atoms. The summed E-state index contributed by atoms with van der Waals surface area (Å²) < 4.78 is 6.23. The number of para-hydroxylation sites is 2. The lowest BCUT2D eigenvalue weighted by molar-refractivity contribution is 0.228. The SMILES string of the molecule is C=C(/C=C\C)c1ccccc1C(C)Oc1ccccc1NCC. The molecule has 0 aromatic heterocycles. The van der Waals surface area contributed by atoms with E-state index in [0.29, 0.717) is 0 Å². The Bertz CT molecular complexity index is 688. The highest BCUT2D eigenvalue weighted by Crippen LogP contribution is 2.32. The number of hydrogen-bond acceptors (Lipinski definition) is 2. The minimum Gasteiger partial charge on any atom is -0.484 e. The molecular weight excluding hydrogens is 282 g/mol. The second kappa shape index (κ2) is 8.23. The normalized spacial score (nSPS) is 12.1. The van der Waals surface area contributed by atoms with Gasteiger partial charge in [-0.25, -0.2) is 0 Å². The lowest BCUT2D eigenvalue weighted by atomic mass is 9.97. The minimum atomic E-state index is -0.0620. The molecule has 0 radical (unpaired) electrons. The zero-order valence-corrected chi connectivity index (χ0v) is 14.2. The average molecular weight is 307 g/mol. The quantitative estimate of drug-likeness (QED) is 0.648. The van der Waals surface area contributed by atoms with Crippen molar-refractivity contribution in [2.75, 3.05) is 11.9 Å². The van der Waals surface area contributed by atoms with Crippen LogP contribution in [-0.2, 0) is 0 Å². The molecule has 1 atom stereocenters. The van der Waals surface area contributed by atoms with E-state index in [-0.39, 0.29) is 6.10 Å². The molecule has 2 heteroatoms. The molecule has 0 aliphatic carbocycles. The third-order valence-corrected chi connectivity index (χ3v) is 3.67. The topological polar surface area (TPSA) is 21.3 Å². The van der Waals surface area contributed by atoms with Gasteiger partial charge in [0.25, 0.3) is 0 Å². The predicted molar refractivity (Wildman–Crippen MR) is 99.9 cm³/mol. The molecular formula is C21H25NO. The highest BCUT2D eigenvalue weighted by Gasteiger charge is 2.14. The van der Waals surface area contributed by atoms with Crippen molar-refractivity contribution in [2.45, 2.75) is 26.9 Å². The van der Waals surface area contributed by atoms with Gasteiger partial charge in [0, 0.05) is 6.54 Å². The summed E-state index contributed by atoms with van der Waals surface area (Å²) >= 11 is 0. The lowest BCUT2D eigenvalue weighted by Crippen LogP contribution is -2.08. The molecule has 2 aromatic carbocycles. The number of hydrogen-bond donors (Lipinski definition) is 1. The third-order valence-electron chi connectivity index (χ3n) is 3.67. The third kappa shape index (κ3) is 4.26. The van der Waals surface area contributed by atoms with Crippen LogP contribution in [0.4, 0.5) is 5.69 Å². The summed E-state index contributed by atoms with van der Waals surface area (Å²) in [5, 5.41) is 3.34. The van der Waals surface area contributed by atoms with E-state index < -0.39 is 0 Å². The minimum absolute atomic E-state index is 0.0620. The highest BCUT2D eigenvalue weighted by atomic mass is 16.5. The molecule has 120 valence electrons. The van der Waals surface area contributed by atoms with Crippen LogP contribution in [0.2, 0.25) is 0 Å². The summed E-state index contributed by atoms with van der Waals surface area (Å²) in [6.07, 6.45) is 3.97. The fraction of sp³-hybridized carbons (Fsp3) is 0.238. The van der Waals surface area contributed by atoms with Gasteiger partial charge in [-0.2, -0.15) is 0 Å². The van der Waals surface area contributed by atoms with Crippen molar-refractivity contribution >= 4 is 11.3 Å². The van der Waals surface area contributed by atoms with E-state index in [2.05, 4.69) is 37.9 Å². The average Bonchev–Trinajstić information content (AvgIpc) is 2.57. The van der Waals surface area contributed by atoms with Crippen molar-refractivity contribution in [2.24, 2.45) is 0 Å². The molecule has 23 heavy (non-hydrogen) atoms. The molecule has 2 nitrogen and oxygen atoms in total. The molecule has 0 amide bonds. The Kier molecular flexibility index (Phi) is 6.04. The van der Waals surface area contributed by atoms with Gasteiger partial charge in [-0.15, -0.1) is 0 Å². The Hall–Kier alpha value is -2.48. The standard InChI is InChI=1S/C21H25NO/c1-5-11-16(3)18-12-7-8-13-19(18)17(4)23-21-15-10-9-14-20(21)22-6-2/h5,7-15,17,22H,3,6H2,1-2,4H3/b11-5-. The van der Waals surface area contributed by atoms with Crippen LogP contribution < -0.4 is 10.1 Å². The molecule has 0 bridgehead atoms. The number of benzene rings is 2. The van der Waals surface area contributed by atoms with Gasteiger partial charge in [0.1, 0.15) is 11.9 Å². The van der Waals surface area contributed by atoms with E-state index in [0.717, 1.165) is 34.7 Å². The van der Waals surface area contributed by atoms with Gasteiger partial charge in [-0.05, 0) is 49.6 Å². The highest BCUT2D eigenvalue weighted by molar-refractivity contribution is 5.74. The molecule has 1 unspecified atom stereocenters. The largest absolute Gasteiger partial charge is 0.484 e. The van der Waals surface area contributed by atoms with Gasteiger partial charge in [-0.1, -0.05) is 55.1 Å². The zero-order chi connectivity index (χ0) is 16.7. The molecule has 1 N–H and O–H groups in total. The molecule has 0 saturated heterocycles. The number of ether oxygens (including phenoxy) is 1. The van der Waals surface area contributed by atoms with E-state index in [4.69, 9.17) is 4.74 Å². The van der Waals surface area contributed by atoms with Gasteiger partial charge in [-0.3, -0.25) is 0 Å². The van der Waals surface area contributed by atoms with Crippen molar-refractivity contribution in [1.29, 1.82) is 0 Å². The number of nitrogens with one attached hydrogen (secondary N) is 1. The van der Waals surface area contributed by atoms with Crippen molar-refractivity contribution < 1.29 is 4.74 Å². The Morgan fingerprint density at radius 2 is 1.87 bits per heavy atom. The molecule has 0 saturated carbocycles. The van der Waals surface area contributed by atoms with E-state index in [1.165, 1.54) is 0 Å². The summed E-state index contributed by atoms with van der Waals surface area (Å²) in [6, 6.07) is 16.3. The van der Waals surface area contributed by atoms with E-state index in [1.807, 2.05) is 55.5 Å². The van der Waals surface area contributed by atoms with E-state index in [1.54, 1.807) is 0 Å². The number of allylic oxidation sites excluding steroid dienone is 3. The fourth-order valence-electron chi connectivity index (χ4n) is 2.59. The van der Waals surface area contributed by atoms with Crippen molar-refractivity contribution in [1.82, 2.24) is 0 Å². The molecule has 2 rings (SSSR count). The van der Waals surface area contributed by atoms with Crippen molar-refractivity contribution in [3.63, 3.8) is 0 Å². The lowest BCUT2D eigenvalue weighted by Gasteiger charge is -2.20. The van der Waals surface area contributed by atoms with Crippen LogP contribution in [0, 0.1) is 0 Å². The van der Waals surface area contributed by atoms with E-state index >= 15 is 0 Å². The van der Waals surface area contributed by atoms with Crippen LogP contribution in [0.1, 0.15) is 38.0 Å². The van der Waals surface area contributed by atoms with Crippen molar-refractivity contribution in [3.05, 3.63) is 78.4 Å².